The van der Waals surface area contributed by atoms with Gasteiger partial charge in [-0.2, -0.15) is 13.2 Å². The summed E-state index contributed by atoms with van der Waals surface area (Å²) in [7, 11) is -4.14. The zero-order valence-electron chi connectivity index (χ0n) is 19.6. The molecule has 184 valence electrons. The van der Waals surface area contributed by atoms with Crippen molar-refractivity contribution in [1.82, 2.24) is 5.16 Å². The Bertz CT molecular complexity index is 1230. The number of alkyl halides is 3. The van der Waals surface area contributed by atoms with E-state index in [1.165, 1.54) is 30.3 Å². The first-order chi connectivity index (χ1) is 15.8. The van der Waals surface area contributed by atoms with Crippen LogP contribution in [0, 0.1) is 26.7 Å². The van der Waals surface area contributed by atoms with E-state index in [2.05, 4.69) is 5.16 Å². The number of halogens is 3. The monoisotopic (exact) mass is 496 g/mol. The Balaban J connectivity index is 1.92. The third kappa shape index (κ3) is 5.55. The predicted molar refractivity (Wildman–Crippen MR) is 122 cm³/mol. The van der Waals surface area contributed by atoms with Crippen LogP contribution < -0.4 is 9.04 Å². The molecule has 10 heteroatoms. The first-order valence-corrected chi connectivity index (χ1v) is 12.1. The lowest BCUT2D eigenvalue weighted by molar-refractivity contribution is -0.137. The minimum atomic E-state index is -4.59. The molecule has 0 radical (unpaired) electrons. The zero-order chi connectivity index (χ0) is 25.3. The van der Waals surface area contributed by atoms with E-state index in [0.29, 0.717) is 22.8 Å². The molecule has 0 saturated carbocycles. The first kappa shape index (κ1) is 25.6. The van der Waals surface area contributed by atoms with E-state index < -0.39 is 21.8 Å². The zero-order valence-corrected chi connectivity index (χ0v) is 20.4. The van der Waals surface area contributed by atoms with Gasteiger partial charge >= 0.3 is 6.18 Å². The van der Waals surface area contributed by atoms with Crippen molar-refractivity contribution in [3.63, 3.8) is 0 Å². The summed E-state index contributed by atoms with van der Waals surface area (Å²) in [5.41, 5.74) is 1.04. The molecular weight excluding hydrogens is 469 g/mol. The second-order valence-electron chi connectivity index (χ2n) is 8.49. The lowest BCUT2D eigenvalue weighted by Gasteiger charge is -2.28. The van der Waals surface area contributed by atoms with Gasteiger partial charge in [-0.15, -0.1) is 0 Å². The normalized spacial score (nSPS) is 12.3. The Kier molecular flexibility index (Phi) is 7.30. The van der Waals surface area contributed by atoms with Gasteiger partial charge in [-0.05, 0) is 68.7 Å². The van der Waals surface area contributed by atoms with Crippen LogP contribution in [-0.4, -0.2) is 20.1 Å². The first-order valence-electron chi connectivity index (χ1n) is 10.7. The van der Waals surface area contributed by atoms with Crippen molar-refractivity contribution in [3.8, 4) is 5.75 Å². The van der Waals surface area contributed by atoms with E-state index in [4.69, 9.17) is 9.26 Å². The van der Waals surface area contributed by atoms with Crippen molar-refractivity contribution < 1.29 is 30.8 Å². The van der Waals surface area contributed by atoms with Gasteiger partial charge in [0.1, 0.15) is 18.1 Å². The number of sulfonamides is 1. The van der Waals surface area contributed by atoms with Crippen molar-refractivity contribution in [3.05, 3.63) is 70.6 Å². The fraction of sp³-hybridized carbons (Fsp3) is 0.375. The SMILES string of the molecule is Cc1ccc(C(F)(F)F)cc1N(CC(C)C)S(=O)(=O)c1ccc(OCc2c(C)noc2C)cc1. The Labute approximate surface area is 197 Å². The molecule has 2 aromatic carbocycles. The maximum atomic E-state index is 13.5. The Morgan fingerprint density at radius 2 is 1.71 bits per heavy atom. The number of hydrogen-bond acceptors (Lipinski definition) is 5. The number of benzene rings is 2. The average molecular weight is 497 g/mol. The smallest absolute Gasteiger partial charge is 0.416 e. The largest absolute Gasteiger partial charge is 0.489 e. The van der Waals surface area contributed by atoms with Gasteiger partial charge in [0.2, 0.25) is 0 Å². The number of hydrogen-bond donors (Lipinski definition) is 0. The lowest BCUT2D eigenvalue weighted by atomic mass is 10.1. The van der Waals surface area contributed by atoms with Gasteiger partial charge in [0.05, 0.1) is 27.4 Å². The molecule has 0 fully saturated rings. The summed E-state index contributed by atoms with van der Waals surface area (Å²) in [4.78, 5) is -0.0466. The highest BCUT2D eigenvalue weighted by Crippen LogP contribution is 2.35. The van der Waals surface area contributed by atoms with Gasteiger partial charge in [-0.3, -0.25) is 4.31 Å². The molecule has 3 rings (SSSR count). The molecule has 0 atom stereocenters. The van der Waals surface area contributed by atoms with Crippen LogP contribution in [0.4, 0.5) is 18.9 Å². The summed E-state index contributed by atoms with van der Waals surface area (Å²) in [6.07, 6.45) is -4.59. The molecule has 34 heavy (non-hydrogen) atoms. The standard InChI is InChI=1S/C24H27F3N2O4S/c1-15(2)13-29(23-12-19(24(25,26)27)7-6-16(23)3)34(30,31)21-10-8-20(9-11-21)32-14-22-17(4)28-33-18(22)5/h6-12,15H,13-14H2,1-5H3. The second-order valence-corrected chi connectivity index (χ2v) is 10.4. The van der Waals surface area contributed by atoms with Crippen LogP contribution in [0.15, 0.2) is 51.9 Å². The van der Waals surface area contributed by atoms with Crippen molar-refractivity contribution in [2.45, 2.75) is 52.3 Å². The van der Waals surface area contributed by atoms with Crippen LogP contribution in [0.5, 0.6) is 5.75 Å². The molecule has 0 saturated heterocycles. The van der Waals surface area contributed by atoms with E-state index in [1.54, 1.807) is 34.6 Å². The van der Waals surface area contributed by atoms with Crippen molar-refractivity contribution in [2.24, 2.45) is 5.92 Å². The number of rotatable bonds is 8. The summed E-state index contributed by atoms with van der Waals surface area (Å²) in [6.45, 7) is 8.99. The molecule has 6 nitrogen and oxygen atoms in total. The van der Waals surface area contributed by atoms with E-state index in [-0.39, 0.29) is 29.7 Å². The van der Waals surface area contributed by atoms with Gasteiger partial charge in [0.25, 0.3) is 10.0 Å². The van der Waals surface area contributed by atoms with Gasteiger partial charge in [-0.1, -0.05) is 25.1 Å². The summed E-state index contributed by atoms with van der Waals surface area (Å²) in [6, 6.07) is 8.91. The number of aromatic nitrogens is 1. The maximum Gasteiger partial charge on any atom is 0.416 e. The summed E-state index contributed by atoms with van der Waals surface area (Å²) >= 11 is 0. The van der Waals surface area contributed by atoms with Gasteiger partial charge < -0.3 is 9.26 Å². The van der Waals surface area contributed by atoms with E-state index in [1.807, 2.05) is 0 Å². The molecule has 1 heterocycles. The van der Waals surface area contributed by atoms with Gasteiger partial charge in [-0.25, -0.2) is 8.42 Å². The molecule has 0 N–H and O–H groups in total. The van der Waals surface area contributed by atoms with E-state index >= 15 is 0 Å². The number of nitrogens with zero attached hydrogens (tertiary/aromatic N) is 2. The quantitative estimate of drug-likeness (QED) is 0.380. The predicted octanol–water partition coefficient (Wildman–Crippen LogP) is 6.05. The molecule has 0 aliphatic rings. The third-order valence-corrected chi connectivity index (χ3v) is 7.11. The Morgan fingerprint density at radius 1 is 1.06 bits per heavy atom. The Hall–Kier alpha value is -3.01. The number of anilines is 1. The van der Waals surface area contributed by atoms with Crippen LogP contribution in [0.2, 0.25) is 0 Å². The minimum absolute atomic E-state index is 0.00209. The van der Waals surface area contributed by atoms with Crippen LogP contribution in [0.1, 0.15) is 42.0 Å². The molecule has 0 unspecified atom stereocenters. The molecule has 0 aliphatic carbocycles. The Morgan fingerprint density at radius 3 is 2.24 bits per heavy atom. The fourth-order valence-corrected chi connectivity index (χ4v) is 5.10. The minimum Gasteiger partial charge on any atom is -0.489 e. The molecule has 1 aromatic heterocycles. The van der Waals surface area contributed by atoms with Crippen molar-refractivity contribution in [1.29, 1.82) is 0 Å². The topological polar surface area (TPSA) is 72.6 Å². The summed E-state index contributed by atoms with van der Waals surface area (Å²) in [5, 5.41) is 3.86. The molecule has 0 amide bonds. The average Bonchev–Trinajstić information content (AvgIpc) is 3.07. The number of aryl methyl sites for hydroxylation is 3. The lowest BCUT2D eigenvalue weighted by Crippen LogP contribution is -2.35. The second kappa shape index (κ2) is 9.69. The van der Waals surface area contributed by atoms with Crippen LogP contribution >= 0.6 is 0 Å². The highest BCUT2D eigenvalue weighted by atomic mass is 32.2. The van der Waals surface area contributed by atoms with E-state index in [9.17, 15) is 21.6 Å². The highest BCUT2D eigenvalue weighted by molar-refractivity contribution is 7.92. The molecule has 0 aliphatic heterocycles. The van der Waals surface area contributed by atoms with Crippen molar-refractivity contribution >= 4 is 15.7 Å². The fourth-order valence-electron chi connectivity index (χ4n) is 3.41. The number of ether oxygens (including phenoxy) is 1. The third-order valence-electron chi connectivity index (χ3n) is 5.31. The highest BCUT2D eigenvalue weighted by Gasteiger charge is 2.33. The maximum absolute atomic E-state index is 13.5. The molecule has 0 bridgehead atoms. The van der Waals surface area contributed by atoms with Crippen molar-refractivity contribution in [2.75, 3.05) is 10.8 Å². The van der Waals surface area contributed by atoms with E-state index in [0.717, 1.165) is 22.0 Å². The summed E-state index contributed by atoms with van der Waals surface area (Å²) in [5.74, 6) is 0.948. The van der Waals surface area contributed by atoms with Crippen LogP contribution in [0.25, 0.3) is 0 Å². The van der Waals surface area contributed by atoms with Crippen LogP contribution in [-0.2, 0) is 22.8 Å². The molecule has 3 aromatic rings. The van der Waals surface area contributed by atoms with Gasteiger partial charge in [0.15, 0.2) is 0 Å². The molecular formula is C24H27F3N2O4S. The summed E-state index contributed by atoms with van der Waals surface area (Å²) < 4.78 is 78.9. The van der Waals surface area contributed by atoms with Crippen LogP contribution in [0.3, 0.4) is 0 Å². The van der Waals surface area contributed by atoms with Gasteiger partial charge in [0, 0.05) is 6.54 Å². The molecule has 0 spiro atoms.